The van der Waals surface area contributed by atoms with Crippen LogP contribution in [0.5, 0.6) is 0 Å². The number of nitrogens with one attached hydrogen (secondary N) is 1. The lowest BCUT2D eigenvalue weighted by Crippen LogP contribution is -2.56. The van der Waals surface area contributed by atoms with Gasteiger partial charge in [-0.3, -0.25) is 14.3 Å². The summed E-state index contributed by atoms with van der Waals surface area (Å²) in [4.78, 5) is 25.0. The molecule has 2 heterocycles. The van der Waals surface area contributed by atoms with Crippen LogP contribution in [0.2, 0.25) is 0 Å². The van der Waals surface area contributed by atoms with Gasteiger partial charge in [-0.2, -0.15) is 5.10 Å². The molecule has 0 bridgehead atoms. The molecule has 1 aromatic heterocycles. The topological polar surface area (TPSA) is 67.2 Å². The van der Waals surface area contributed by atoms with Crippen LogP contribution in [0.15, 0.2) is 4.47 Å². The van der Waals surface area contributed by atoms with Crippen LogP contribution in [-0.4, -0.2) is 39.1 Å². The second kappa shape index (κ2) is 4.72. The number of piperazine rings is 1. The van der Waals surface area contributed by atoms with Gasteiger partial charge in [0.2, 0.25) is 11.8 Å². The van der Waals surface area contributed by atoms with Crippen LogP contribution in [0.25, 0.3) is 0 Å². The molecule has 2 amide bonds. The van der Waals surface area contributed by atoms with Gasteiger partial charge in [0.15, 0.2) is 0 Å². The van der Waals surface area contributed by atoms with Gasteiger partial charge in [0.25, 0.3) is 0 Å². The molecule has 1 aromatic rings. The first kappa shape index (κ1) is 13.1. The Kier molecular flexibility index (Phi) is 3.43. The summed E-state index contributed by atoms with van der Waals surface area (Å²) in [6.07, 6.45) is 0. The molecule has 0 aromatic carbocycles. The number of rotatable bonds is 2. The fraction of sp³-hybridized carbons (Fsp3) is 0.545. The molecule has 0 saturated carbocycles. The highest BCUT2D eigenvalue weighted by molar-refractivity contribution is 9.10. The van der Waals surface area contributed by atoms with Gasteiger partial charge in [0.1, 0.15) is 6.04 Å². The molecule has 98 valence electrons. The minimum atomic E-state index is -0.451. The SMILES string of the molecule is Cc1nn(C)c(CN2C(=O)CNC(=O)C2C)c1Br. The number of halogens is 1. The summed E-state index contributed by atoms with van der Waals surface area (Å²) in [5.41, 5.74) is 1.76. The van der Waals surface area contributed by atoms with E-state index in [0.717, 1.165) is 15.9 Å². The van der Waals surface area contributed by atoms with Crippen molar-refractivity contribution in [3.8, 4) is 0 Å². The lowest BCUT2D eigenvalue weighted by Gasteiger charge is -2.32. The highest BCUT2D eigenvalue weighted by Gasteiger charge is 2.32. The van der Waals surface area contributed by atoms with Crippen LogP contribution in [0.4, 0.5) is 0 Å². The summed E-state index contributed by atoms with van der Waals surface area (Å²) in [7, 11) is 1.83. The highest BCUT2D eigenvalue weighted by atomic mass is 79.9. The van der Waals surface area contributed by atoms with Gasteiger partial charge >= 0.3 is 0 Å². The molecule has 2 rings (SSSR count). The van der Waals surface area contributed by atoms with Crippen molar-refractivity contribution < 1.29 is 9.59 Å². The Hall–Kier alpha value is -1.37. The second-order valence-corrected chi connectivity index (χ2v) is 5.18. The van der Waals surface area contributed by atoms with E-state index in [0.29, 0.717) is 6.54 Å². The molecule has 1 aliphatic rings. The van der Waals surface area contributed by atoms with E-state index >= 15 is 0 Å². The number of amides is 2. The third-order valence-corrected chi connectivity index (χ3v) is 4.19. The molecule has 1 saturated heterocycles. The number of hydrogen-bond donors (Lipinski definition) is 1. The normalized spacial score (nSPS) is 20.2. The van der Waals surface area contributed by atoms with Crippen LogP contribution in [-0.2, 0) is 23.2 Å². The van der Waals surface area contributed by atoms with Crippen molar-refractivity contribution in [1.29, 1.82) is 0 Å². The van der Waals surface area contributed by atoms with Crippen LogP contribution < -0.4 is 5.32 Å². The standard InChI is InChI=1S/C11H15BrN4O2/c1-6-10(12)8(15(3)14-6)5-16-7(2)11(18)13-4-9(16)17/h7H,4-5H2,1-3H3,(H,13,18). The number of aromatic nitrogens is 2. The second-order valence-electron chi connectivity index (χ2n) is 4.39. The predicted octanol–water partition coefficient (Wildman–Crippen LogP) is 0.338. The average Bonchev–Trinajstić information content (AvgIpc) is 2.55. The Labute approximate surface area is 113 Å². The summed E-state index contributed by atoms with van der Waals surface area (Å²) in [5.74, 6) is -0.197. The van der Waals surface area contributed by atoms with Crippen molar-refractivity contribution in [2.45, 2.75) is 26.4 Å². The molecular formula is C11H15BrN4O2. The first-order valence-electron chi connectivity index (χ1n) is 5.67. The van der Waals surface area contributed by atoms with E-state index in [1.807, 2.05) is 14.0 Å². The fourth-order valence-corrected chi connectivity index (χ4v) is 2.47. The van der Waals surface area contributed by atoms with Crippen molar-refractivity contribution in [1.82, 2.24) is 20.0 Å². The highest BCUT2D eigenvalue weighted by Crippen LogP contribution is 2.23. The molecule has 0 radical (unpaired) electrons. The van der Waals surface area contributed by atoms with Gasteiger partial charge in [-0.1, -0.05) is 0 Å². The molecule has 1 atom stereocenters. The summed E-state index contributed by atoms with van der Waals surface area (Å²) in [6, 6.07) is -0.451. The summed E-state index contributed by atoms with van der Waals surface area (Å²) in [6.45, 7) is 4.06. The van der Waals surface area contributed by atoms with E-state index < -0.39 is 6.04 Å². The Balaban J connectivity index is 2.26. The van der Waals surface area contributed by atoms with Crippen molar-refractivity contribution in [2.75, 3.05) is 6.54 Å². The maximum atomic E-state index is 11.9. The molecule has 7 heteroatoms. The minimum Gasteiger partial charge on any atom is -0.345 e. The molecule has 6 nitrogen and oxygen atoms in total. The monoisotopic (exact) mass is 314 g/mol. The summed E-state index contributed by atoms with van der Waals surface area (Å²) < 4.78 is 2.61. The Morgan fingerprint density at radius 2 is 2.17 bits per heavy atom. The zero-order chi connectivity index (χ0) is 13.4. The smallest absolute Gasteiger partial charge is 0.242 e. The van der Waals surface area contributed by atoms with Crippen molar-refractivity contribution >= 4 is 27.7 Å². The minimum absolute atomic E-state index is 0.0671. The molecule has 18 heavy (non-hydrogen) atoms. The van der Waals surface area contributed by atoms with E-state index in [9.17, 15) is 9.59 Å². The van der Waals surface area contributed by atoms with Crippen molar-refractivity contribution in [3.63, 3.8) is 0 Å². The zero-order valence-electron chi connectivity index (χ0n) is 10.5. The first-order valence-corrected chi connectivity index (χ1v) is 6.46. The van der Waals surface area contributed by atoms with Crippen LogP contribution in [0.3, 0.4) is 0 Å². The Bertz CT molecular complexity index is 511. The summed E-state index contributed by atoms with van der Waals surface area (Å²) >= 11 is 3.46. The molecule has 0 spiro atoms. The van der Waals surface area contributed by atoms with E-state index in [-0.39, 0.29) is 18.4 Å². The van der Waals surface area contributed by atoms with E-state index in [4.69, 9.17) is 0 Å². The van der Waals surface area contributed by atoms with E-state index in [1.165, 1.54) is 0 Å². The van der Waals surface area contributed by atoms with Gasteiger partial charge in [-0.15, -0.1) is 0 Å². The van der Waals surface area contributed by atoms with Crippen molar-refractivity contribution in [2.24, 2.45) is 7.05 Å². The lowest BCUT2D eigenvalue weighted by atomic mass is 10.2. The van der Waals surface area contributed by atoms with Crippen molar-refractivity contribution in [3.05, 3.63) is 15.9 Å². The van der Waals surface area contributed by atoms with E-state index in [1.54, 1.807) is 16.5 Å². The molecule has 1 aliphatic heterocycles. The van der Waals surface area contributed by atoms with Gasteiger partial charge in [0, 0.05) is 7.05 Å². The Morgan fingerprint density at radius 3 is 2.72 bits per heavy atom. The zero-order valence-corrected chi connectivity index (χ0v) is 12.1. The molecule has 1 N–H and O–H groups in total. The maximum absolute atomic E-state index is 11.9. The molecular weight excluding hydrogens is 300 g/mol. The van der Waals surface area contributed by atoms with Gasteiger partial charge in [-0.05, 0) is 29.8 Å². The Morgan fingerprint density at radius 1 is 1.50 bits per heavy atom. The largest absolute Gasteiger partial charge is 0.345 e. The lowest BCUT2D eigenvalue weighted by molar-refractivity contribution is -0.145. The number of aryl methyl sites for hydroxylation is 2. The maximum Gasteiger partial charge on any atom is 0.242 e. The van der Waals surface area contributed by atoms with E-state index in [2.05, 4.69) is 26.3 Å². The van der Waals surface area contributed by atoms with Gasteiger partial charge < -0.3 is 10.2 Å². The number of carbonyl (C=O) groups excluding carboxylic acids is 2. The van der Waals surface area contributed by atoms with Crippen LogP contribution in [0, 0.1) is 6.92 Å². The molecule has 0 aliphatic carbocycles. The number of nitrogens with zero attached hydrogens (tertiary/aromatic N) is 3. The van der Waals surface area contributed by atoms with Gasteiger partial charge in [0.05, 0.1) is 29.0 Å². The average molecular weight is 315 g/mol. The quantitative estimate of drug-likeness (QED) is 0.856. The first-order chi connectivity index (χ1) is 8.41. The molecule has 1 unspecified atom stereocenters. The number of carbonyl (C=O) groups is 2. The van der Waals surface area contributed by atoms with Gasteiger partial charge in [-0.25, -0.2) is 0 Å². The third kappa shape index (κ3) is 2.14. The van der Waals surface area contributed by atoms with Crippen LogP contribution in [0.1, 0.15) is 18.3 Å². The summed E-state index contributed by atoms with van der Waals surface area (Å²) in [5, 5.41) is 6.84. The predicted molar refractivity (Wildman–Crippen MR) is 68.7 cm³/mol. The third-order valence-electron chi connectivity index (χ3n) is 3.16. The fourth-order valence-electron chi connectivity index (χ4n) is 2.01. The number of hydrogen-bond acceptors (Lipinski definition) is 3. The van der Waals surface area contributed by atoms with Crippen LogP contribution >= 0.6 is 15.9 Å². The molecule has 1 fully saturated rings.